The van der Waals surface area contributed by atoms with Crippen molar-refractivity contribution in [2.75, 3.05) is 0 Å². The largest absolute Gasteiger partial charge is 0.350 e. The predicted octanol–water partition coefficient (Wildman–Crippen LogP) is 3.42. The summed E-state index contributed by atoms with van der Waals surface area (Å²) < 4.78 is 26.7. The van der Waals surface area contributed by atoms with E-state index in [1.54, 1.807) is 24.3 Å². The molecule has 2 aromatic rings. The second-order valence-electron chi connectivity index (χ2n) is 5.79. The van der Waals surface area contributed by atoms with Crippen LogP contribution in [0.25, 0.3) is 0 Å². The van der Waals surface area contributed by atoms with Crippen LogP contribution in [-0.2, 0) is 6.54 Å². The highest BCUT2D eigenvalue weighted by Crippen LogP contribution is 2.10. The average molecular weight is 346 g/mol. The molecule has 0 aliphatic rings. The molecule has 0 saturated carbocycles. The fourth-order valence-corrected chi connectivity index (χ4v) is 2.13. The molecule has 0 aliphatic carbocycles. The molecule has 0 heterocycles. The molecular formula is C19H20F2N2O2. The van der Waals surface area contributed by atoms with Crippen LogP contribution in [0.15, 0.2) is 42.5 Å². The number of halogens is 2. The monoisotopic (exact) mass is 346 g/mol. The number of benzene rings is 2. The summed E-state index contributed by atoms with van der Waals surface area (Å²) in [5.74, 6) is -2.32. The molecule has 132 valence electrons. The minimum Gasteiger partial charge on any atom is -0.350 e. The van der Waals surface area contributed by atoms with E-state index >= 15 is 0 Å². The Morgan fingerprint density at radius 3 is 2.36 bits per heavy atom. The lowest BCUT2D eigenvalue weighted by atomic mass is 10.1. The minimum atomic E-state index is -0.782. The molecule has 25 heavy (non-hydrogen) atoms. The fourth-order valence-electron chi connectivity index (χ4n) is 2.13. The van der Waals surface area contributed by atoms with E-state index in [-0.39, 0.29) is 24.1 Å². The van der Waals surface area contributed by atoms with Gasteiger partial charge in [-0.15, -0.1) is 0 Å². The third kappa shape index (κ3) is 5.11. The van der Waals surface area contributed by atoms with Crippen LogP contribution < -0.4 is 10.6 Å². The van der Waals surface area contributed by atoms with Crippen molar-refractivity contribution in [2.45, 2.75) is 32.9 Å². The van der Waals surface area contributed by atoms with Crippen molar-refractivity contribution in [3.05, 3.63) is 70.8 Å². The SMILES string of the molecule is CC[C@@H](C)NC(=O)c1ccc(CNC(=O)c2cc(F)ccc2F)cc1. The van der Waals surface area contributed by atoms with Gasteiger partial charge in [0.25, 0.3) is 11.8 Å². The molecule has 2 N–H and O–H groups in total. The summed E-state index contributed by atoms with van der Waals surface area (Å²) in [6.45, 7) is 4.05. The van der Waals surface area contributed by atoms with Crippen molar-refractivity contribution in [1.29, 1.82) is 0 Å². The molecule has 0 aliphatic heterocycles. The Kier molecular flexibility index (Phi) is 6.22. The Bertz CT molecular complexity index is 761. The van der Waals surface area contributed by atoms with Crippen LogP contribution in [0, 0.1) is 11.6 Å². The number of rotatable bonds is 6. The summed E-state index contributed by atoms with van der Waals surface area (Å²) in [6, 6.07) is 9.52. The number of carbonyl (C=O) groups excluding carboxylic acids is 2. The zero-order valence-corrected chi connectivity index (χ0v) is 14.1. The van der Waals surface area contributed by atoms with Crippen molar-refractivity contribution < 1.29 is 18.4 Å². The van der Waals surface area contributed by atoms with E-state index in [2.05, 4.69) is 10.6 Å². The molecule has 2 aromatic carbocycles. The molecule has 0 saturated heterocycles. The highest BCUT2D eigenvalue weighted by molar-refractivity contribution is 5.95. The molecule has 2 amide bonds. The topological polar surface area (TPSA) is 58.2 Å². The normalized spacial score (nSPS) is 11.7. The summed E-state index contributed by atoms with van der Waals surface area (Å²) in [5.41, 5.74) is 0.918. The average Bonchev–Trinajstić information content (AvgIpc) is 2.61. The summed E-state index contributed by atoms with van der Waals surface area (Å²) >= 11 is 0. The lowest BCUT2D eigenvalue weighted by Crippen LogP contribution is -2.31. The number of carbonyl (C=O) groups is 2. The Morgan fingerprint density at radius 1 is 1.04 bits per heavy atom. The molecule has 2 rings (SSSR count). The van der Waals surface area contributed by atoms with Gasteiger partial charge >= 0.3 is 0 Å². The first-order valence-corrected chi connectivity index (χ1v) is 8.03. The van der Waals surface area contributed by atoms with E-state index in [9.17, 15) is 18.4 Å². The maximum atomic E-state index is 13.5. The molecule has 0 radical (unpaired) electrons. The molecule has 6 heteroatoms. The Balaban J connectivity index is 1.96. The fraction of sp³-hybridized carbons (Fsp3) is 0.263. The van der Waals surface area contributed by atoms with Gasteiger partial charge < -0.3 is 10.6 Å². The third-order valence-electron chi connectivity index (χ3n) is 3.83. The smallest absolute Gasteiger partial charge is 0.254 e. The second-order valence-corrected chi connectivity index (χ2v) is 5.79. The molecule has 0 aromatic heterocycles. The molecule has 0 bridgehead atoms. The zero-order valence-electron chi connectivity index (χ0n) is 14.1. The van der Waals surface area contributed by atoms with E-state index in [1.807, 2.05) is 13.8 Å². The van der Waals surface area contributed by atoms with Gasteiger partial charge in [-0.1, -0.05) is 19.1 Å². The van der Waals surface area contributed by atoms with Crippen LogP contribution in [0.4, 0.5) is 8.78 Å². The van der Waals surface area contributed by atoms with E-state index in [4.69, 9.17) is 0 Å². The van der Waals surface area contributed by atoms with Gasteiger partial charge in [0.2, 0.25) is 0 Å². The molecular weight excluding hydrogens is 326 g/mol. The number of hydrogen-bond acceptors (Lipinski definition) is 2. The van der Waals surface area contributed by atoms with E-state index in [1.165, 1.54) is 0 Å². The number of hydrogen-bond donors (Lipinski definition) is 2. The molecule has 4 nitrogen and oxygen atoms in total. The van der Waals surface area contributed by atoms with Gasteiger partial charge in [0, 0.05) is 18.2 Å². The second kappa shape index (κ2) is 8.37. The van der Waals surface area contributed by atoms with Crippen LogP contribution >= 0.6 is 0 Å². The first-order chi connectivity index (χ1) is 11.9. The Hall–Kier alpha value is -2.76. The lowest BCUT2D eigenvalue weighted by Gasteiger charge is -2.12. The van der Waals surface area contributed by atoms with Crippen LogP contribution in [0.1, 0.15) is 46.5 Å². The summed E-state index contributed by atoms with van der Waals surface area (Å²) in [7, 11) is 0. The van der Waals surface area contributed by atoms with Crippen molar-refractivity contribution >= 4 is 11.8 Å². The Labute approximate surface area is 145 Å². The van der Waals surface area contributed by atoms with Crippen molar-refractivity contribution in [3.63, 3.8) is 0 Å². The van der Waals surface area contributed by atoms with E-state index in [0.29, 0.717) is 5.56 Å². The molecule has 0 unspecified atom stereocenters. The molecule has 0 spiro atoms. The molecule has 0 fully saturated rings. The van der Waals surface area contributed by atoms with E-state index in [0.717, 1.165) is 30.2 Å². The maximum absolute atomic E-state index is 13.5. The van der Waals surface area contributed by atoms with Gasteiger partial charge in [0.15, 0.2) is 0 Å². The first kappa shape index (κ1) is 18.6. The zero-order chi connectivity index (χ0) is 18.4. The van der Waals surface area contributed by atoms with Gasteiger partial charge in [0.05, 0.1) is 5.56 Å². The van der Waals surface area contributed by atoms with Gasteiger partial charge in [0.1, 0.15) is 11.6 Å². The highest BCUT2D eigenvalue weighted by Gasteiger charge is 2.13. The highest BCUT2D eigenvalue weighted by atomic mass is 19.1. The lowest BCUT2D eigenvalue weighted by molar-refractivity contribution is 0.0932. The summed E-state index contributed by atoms with van der Waals surface area (Å²) in [6.07, 6.45) is 0.840. The van der Waals surface area contributed by atoms with Crippen LogP contribution in [0.3, 0.4) is 0 Å². The number of amides is 2. The molecule has 1 atom stereocenters. The Morgan fingerprint density at radius 2 is 1.72 bits per heavy atom. The van der Waals surface area contributed by atoms with Gasteiger partial charge in [-0.05, 0) is 49.2 Å². The van der Waals surface area contributed by atoms with Crippen LogP contribution in [0.5, 0.6) is 0 Å². The standard InChI is InChI=1S/C19H20F2N2O2/c1-3-12(2)23-18(24)14-6-4-13(5-7-14)11-22-19(25)16-10-15(20)8-9-17(16)21/h4-10,12H,3,11H2,1-2H3,(H,22,25)(H,23,24)/t12-/m1/s1. The maximum Gasteiger partial charge on any atom is 0.254 e. The summed E-state index contributed by atoms with van der Waals surface area (Å²) in [5, 5.41) is 5.39. The van der Waals surface area contributed by atoms with Crippen molar-refractivity contribution in [3.8, 4) is 0 Å². The summed E-state index contributed by atoms with van der Waals surface area (Å²) in [4.78, 5) is 23.9. The van der Waals surface area contributed by atoms with Crippen LogP contribution in [-0.4, -0.2) is 17.9 Å². The first-order valence-electron chi connectivity index (χ1n) is 8.03. The quantitative estimate of drug-likeness (QED) is 0.842. The minimum absolute atomic E-state index is 0.0904. The predicted molar refractivity (Wildman–Crippen MR) is 91.2 cm³/mol. The van der Waals surface area contributed by atoms with Crippen molar-refractivity contribution in [2.24, 2.45) is 0 Å². The van der Waals surface area contributed by atoms with E-state index < -0.39 is 17.5 Å². The van der Waals surface area contributed by atoms with Gasteiger partial charge in [-0.3, -0.25) is 9.59 Å². The third-order valence-corrected chi connectivity index (χ3v) is 3.83. The van der Waals surface area contributed by atoms with Gasteiger partial charge in [-0.25, -0.2) is 8.78 Å². The van der Waals surface area contributed by atoms with Crippen molar-refractivity contribution in [1.82, 2.24) is 10.6 Å². The van der Waals surface area contributed by atoms with Crippen LogP contribution in [0.2, 0.25) is 0 Å². The van der Waals surface area contributed by atoms with Gasteiger partial charge in [-0.2, -0.15) is 0 Å². The number of nitrogens with one attached hydrogen (secondary N) is 2.